The van der Waals surface area contributed by atoms with E-state index in [0.29, 0.717) is 0 Å². The molecule has 9 heavy (non-hydrogen) atoms. The Hall–Kier alpha value is -0.240. The molecule has 0 aromatic heterocycles. The molecule has 0 aliphatic heterocycles. The van der Waals surface area contributed by atoms with Crippen LogP contribution in [0.15, 0.2) is 0 Å². The highest BCUT2D eigenvalue weighted by molar-refractivity contribution is 7.57. The Morgan fingerprint density at radius 3 is 2.56 bits per heavy atom. The lowest BCUT2D eigenvalue weighted by atomic mass is 10.5. The molecule has 5 nitrogen and oxygen atoms in total. The van der Waals surface area contributed by atoms with Gasteiger partial charge in [-0.05, 0) is 0 Å². The zero-order chi connectivity index (χ0) is 7.33. The van der Waals surface area contributed by atoms with Crippen LogP contribution in [-0.2, 0) is 4.52 Å². The van der Waals surface area contributed by atoms with E-state index in [1.807, 2.05) is 0 Å². The van der Waals surface area contributed by atoms with E-state index in [-0.39, 0.29) is 13.0 Å². The lowest BCUT2D eigenvalue weighted by Crippen LogP contribution is -2.06. The molecule has 0 unspecified atom stereocenters. The molecule has 52 valence electrons. The molecule has 6 heteroatoms. The van der Waals surface area contributed by atoms with E-state index >= 15 is 0 Å². The molecule has 0 atom stereocenters. The zero-order valence-electron chi connectivity index (χ0n) is 4.69. The van der Waals surface area contributed by atoms with Gasteiger partial charge >= 0.3 is 8.09 Å². The van der Waals surface area contributed by atoms with E-state index in [9.17, 15) is 0 Å². The number of nitrogens with zero attached hydrogens (tertiary/aromatic N) is 1. The highest BCUT2D eigenvalue weighted by Gasteiger charge is 2.28. The quantitative estimate of drug-likeness (QED) is 0.374. The molecule has 0 aromatic carbocycles. The van der Waals surface area contributed by atoms with Gasteiger partial charge in [-0.1, -0.05) is 0 Å². The van der Waals surface area contributed by atoms with Gasteiger partial charge in [0.2, 0.25) is 0 Å². The van der Waals surface area contributed by atoms with Crippen LogP contribution in [0.2, 0.25) is 0 Å². The van der Waals surface area contributed by atoms with Gasteiger partial charge < -0.3 is 0 Å². The Kier molecular flexibility index (Phi) is 3.62. The molecule has 0 amide bonds. The second-order valence-electron chi connectivity index (χ2n) is 1.33. The van der Waals surface area contributed by atoms with E-state index in [4.69, 9.17) is 15.0 Å². The standard InChI is InChI=1S/C3H8N2O3P/c4-2-1-3-8-9(5,6)7/h6-7H,1,3,5H2/q+1. The minimum absolute atomic E-state index is 0.0340. The van der Waals surface area contributed by atoms with Gasteiger partial charge in [-0.2, -0.15) is 19.6 Å². The van der Waals surface area contributed by atoms with Gasteiger partial charge in [-0.15, -0.1) is 5.50 Å². The number of rotatable bonds is 3. The fraction of sp³-hybridized carbons (Fsp3) is 0.667. The summed E-state index contributed by atoms with van der Waals surface area (Å²) in [5, 5.41) is 7.94. The largest absolute Gasteiger partial charge is 0.493 e. The summed E-state index contributed by atoms with van der Waals surface area (Å²) < 4.78 is 4.25. The van der Waals surface area contributed by atoms with Crippen LogP contribution < -0.4 is 5.50 Å². The third kappa shape index (κ3) is 7.76. The lowest BCUT2D eigenvalue weighted by Gasteiger charge is -2.00. The highest BCUT2D eigenvalue weighted by Crippen LogP contribution is 2.40. The molecular formula is C3H8N2O3P+. The number of hydrogen-bond donors (Lipinski definition) is 3. The first-order valence-corrected chi connectivity index (χ1v) is 3.89. The van der Waals surface area contributed by atoms with E-state index in [0.717, 1.165) is 0 Å². The second kappa shape index (κ2) is 3.72. The maximum atomic E-state index is 8.36. The Bertz CT molecular complexity index is 115. The van der Waals surface area contributed by atoms with Crippen molar-refractivity contribution in [2.45, 2.75) is 6.42 Å². The van der Waals surface area contributed by atoms with Gasteiger partial charge in [0.05, 0.1) is 12.5 Å². The van der Waals surface area contributed by atoms with Crippen LogP contribution in [0.25, 0.3) is 0 Å². The predicted octanol–water partition coefficient (Wildman–Crippen LogP) is -0.462. The number of hydrogen-bond acceptors (Lipinski definition) is 5. The highest BCUT2D eigenvalue weighted by atomic mass is 31.2. The van der Waals surface area contributed by atoms with Crippen LogP contribution >= 0.6 is 8.09 Å². The molecule has 0 saturated heterocycles. The molecule has 0 aliphatic carbocycles. The van der Waals surface area contributed by atoms with Gasteiger partial charge in [0.1, 0.15) is 6.61 Å². The second-order valence-corrected chi connectivity index (χ2v) is 2.77. The molecule has 0 aliphatic rings. The van der Waals surface area contributed by atoms with Gasteiger partial charge in [0.25, 0.3) is 0 Å². The van der Waals surface area contributed by atoms with Crippen LogP contribution in [0, 0.1) is 11.3 Å². The van der Waals surface area contributed by atoms with Crippen molar-refractivity contribution in [1.82, 2.24) is 0 Å². The van der Waals surface area contributed by atoms with Crippen molar-refractivity contribution in [3.8, 4) is 6.07 Å². The van der Waals surface area contributed by atoms with Crippen molar-refractivity contribution in [2.75, 3.05) is 6.61 Å². The van der Waals surface area contributed by atoms with E-state index in [1.165, 1.54) is 0 Å². The predicted molar refractivity (Wildman–Crippen MR) is 31.7 cm³/mol. The van der Waals surface area contributed by atoms with Gasteiger partial charge in [0, 0.05) is 0 Å². The molecular weight excluding hydrogens is 143 g/mol. The SMILES string of the molecule is N#CCCO[P+](N)(O)O. The molecule has 0 heterocycles. The summed E-state index contributed by atoms with van der Waals surface area (Å²) in [5.41, 5.74) is 4.67. The maximum Gasteiger partial charge on any atom is 0.493 e. The smallest absolute Gasteiger partial charge is 0.198 e. The fourth-order valence-corrected chi connectivity index (χ4v) is 0.586. The Labute approximate surface area is 53.3 Å². The number of nitrogens with two attached hydrogens (primary N) is 1. The van der Waals surface area contributed by atoms with Crippen molar-refractivity contribution >= 4 is 8.09 Å². The zero-order valence-corrected chi connectivity index (χ0v) is 5.58. The third-order valence-corrected chi connectivity index (χ3v) is 1.06. The monoisotopic (exact) mass is 151 g/mol. The third-order valence-electron chi connectivity index (χ3n) is 0.495. The van der Waals surface area contributed by atoms with Crippen molar-refractivity contribution < 1.29 is 14.3 Å². The molecule has 0 bridgehead atoms. The van der Waals surface area contributed by atoms with Gasteiger partial charge in [-0.3, -0.25) is 0 Å². The molecule has 0 rings (SSSR count). The summed E-state index contributed by atoms with van der Waals surface area (Å²) >= 11 is 0. The summed E-state index contributed by atoms with van der Waals surface area (Å²) in [4.78, 5) is 16.7. The lowest BCUT2D eigenvalue weighted by molar-refractivity contribution is 0.235. The summed E-state index contributed by atoms with van der Waals surface area (Å²) in [5.74, 6) is 0. The van der Waals surface area contributed by atoms with Crippen LogP contribution in [0.3, 0.4) is 0 Å². The fourth-order valence-electron chi connectivity index (χ4n) is 0.226. The summed E-state index contributed by atoms with van der Waals surface area (Å²) in [6, 6.07) is 1.76. The minimum Gasteiger partial charge on any atom is -0.198 e. The molecule has 0 saturated carbocycles. The van der Waals surface area contributed by atoms with Crippen LogP contribution in [0.5, 0.6) is 0 Å². The Morgan fingerprint density at radius 2 is 2.22 bits per heavy atom. The van der Waals surface area contributed by atoms with Crippen molar-refractivity contribution in [3.63, 3.8) is 0 Å². The average molecular weight is 151 g/mol. The number of nitriles is 1. The van der Waals surface area contributed by atoms with Gasteiger partial charge in [0.15, 0.2) is 0 Å². The van der Waals surface area contributed by atoms with Crippen LogP contribution in [0.1, 0.15) is 6.42 Å². The molecule has 0 spiro atoms. The van der Waals surface area contributed by atoms with E-state index in [1.54, 1.807) is 6.07 Å². The summed E-state index contributed by atoms with van der Waals surface area (Å²) in [6.45, 7) is -0.0340. The van der Waals surface area contributed by atoms with Crippen molar-refractivity contribution in [1.29, 1.82) is 5.26 Å². The van der Waals surface area contributed by atoms with Gasteiger partial charge in [-0.25, -0.2) is 0 Å². The first kappa shape index (κ1) is 8.76. The van der Waals surface area contributed by atoms with Crippen LogP contribution in [-0.4, -0.2) is 16.4 Å². The van der Waals surface area contributed by atoms with E-state index < -0.39 is 8.09 Å². The minimum atomic E-state index is -3.60. The van der Waals surface area contributed by atoms with Crippen molar-refractivity contribution in [2.24, 2.45) is 5.50 Å². The summed E-state index contributed by atoms with van der Waals surface area (Å²) in [6.07, 6.45) is 0.111. The first-order chi connectivity index (χ1) is 4.06. The first-order valence-electron chi connectivity index (χ1n) is 2.21. The normalized spacial score (nSPS) is 10.9. The van der Waals surface area contributed by atoms with E-state index in [2.05, 4.69) is 10.0 Å². The Morgan fingerprint density at radius 1 is 1.67 bits per heavy atom. The molecule has 0 fully saturated rings. The molecule has 0 aromatic rings. The Balaban J connectivity index is 3.20. The molecule has 4 N–H and O–H groups in total. The topological polar surface area (TPSA) is 99.5 Å². The molecule has 0 radical (unpaired) electrons. The maximum absolute atomic E-state index is 8.36. The van der Waals surface area contributed by atoms with Crippen molar-refractivity contribution in [3.05, 3.63) is 0 Å². The average Bonchev–Trinajstić information content (AvgIpc) is 1.63. The van der Waals surface area contributed by atoms with Crippen LogP contribution in [0.4, 0.5) is 0 Å². The summed E-state index contributed by atoms with van der Waals surface area (Å²) in [7, 11) is -3.60.